The molecule has 1 atom stereocenters. The Morgan fingerprint density at radius 3 is 2.88 bits per heavy atom. The summed E-state index contributed by atoms with van der Waals surface area (Å²) in [6.45, 7) is 0.179. The summed E-state index contributed by atoms with van der Waals surface area (Å²) in [7, 11) is 1.84. The van der Waals surface area contributed by atoms with Gasteiger partial charge in [-0.15, -0.1) is 0 Å². The summed E-state index contributed by atoms with van der Waals surface area (Å²) < 4.78 is 12.3. The summed E-state index contributed by atoms with van der Waals surface area (Å²) in [5.74, 6) is 1.27. The maximum Gasteiger partial charge on any atom is 0.251 e. The van der Waals surface area contributed by atoms with E-state index in [2.05, 4.69) is 10.4 Å². The van der Waals surface area contributed by atoms with Crippen molar-refractivity contribution in [3.63, 3.8) is 0 Å². The van der Waals surface area contributed by atoms with Gasteiger partial charge in [0, 0.05) is 24.4 Å². The number of benzene rings is 1. The number of aryl methyl sites for hydroxylation is 1. The van der Waals surface area contributed by atoms with Crippen molar-refractivity contribution in [2.45, 2.75) is 25.0 Å². The molecule has 1 aliphatic heterocycles. The van der Waals surface area contributed by atoms with E-state index >= 15 is 0 Å². The van der Waals surface area contributed by atoms with E-state index in [1.807, 2.05) is 13.2 Å². The highest BCUT2D eigenvalue weighted by atomic mass is 16.7. The lowest BCUT2D eigenvalue weighted by molar-refractivity contribution is 0.0235. The zero-order valence-corrected chi connectivity index (χ0v) is 13.3. The van der Waals surface area contributed by atoms with Crippen molar-refractivity contribution >= 4 is 5.91 Å². The van der Waals surface area contributed by atoms with Gasteiger partial charge in [-0.1, -0.05) is 0 Å². The van der Waals surface area contributed by atoms with Crippen molar-refractivity contribution in [2.24, 2.45) is 13.0 Å². The van der Waals surface area contributed by atoms with Gasteiger partial charge in [-0.25, -0.2) is 0 Å². The first-order chi connectivity index (χ1) is 11.6. The molecule has 0 bridgehead atoms. The number of ether oxygens (including phenoxy) is 2. The predicted molar refractivity (Wildman–Crippen MR) is 84.7 cm³/mol. The van der Waals surface area contributed by atoms with Gasteiger partial charge in [-0.2, -0.15) is 5.10 Å². The topological polar surface area (TPSA) is 85.6 Å². The van der Waals surface area contributed by atoms with E-state index in [0.29, 0.717) is 29.9 Å². The largest absolute Gasteiger partial charge is 0.454 e. The highest BCUT2D eigenvalue weighted by molar-refractivity contribution is 5.95. The number of aromatic nitrogens is 2. The Hall–Kier alpha value is -2.54. The fourth-order valence-corrected chi connectivity index (χ4v) is 3.24. The second-order valence-corrected chi connectivity index (χ2v) is 6.35. The second-order valence-electron chi connectivity index (χ2n) is 6.35. The van der Waals surface area contributed by atoms with Gasteiger partial charge in [0.25, 0.3) is 5.91 Å². The number of fused-ring (bicyclic) bond motifs is 1. The molecule has 1 aliphatic carbocycles. The Bertz CT molecular complexity index is 767. The first-order valence-electron chi connectivity index (χ1n) is 7.97. The molecule has 1 aromatic carbocycles. The number of hydrogen-bond acceptors (Lipinski definition) is 5. The van der Waals surface area contributed by atoms with Crippen molar-refractivity contribution in [3.8, 4) is 11.5 Å². The molecule has 2 N–H and O–H groups in total. The Morgan fingerprint density at radius 1 is 1.38 bits per heavy atom. The highest BCUT2D eigenvalue weighted by Gasteiger charge is 2.36. The van der Waals surface area contributed by atoms with Gasteiger partial charge >= 0.3 is 0 Å². The predicted octanol–water partition coefficient (Wildman–Crippen LogP) is 1.39. The molecule has 2 aliphatic rings. The van der Waals surface area contributed by atoms with Crippen LogP contribution in [0.4, 0.5) is 0 Å². The number of nitrogens with zero attached hydrogens (tertiary/aromatic N) is 2. The molecule has 7 nitrogen and oxygen atoms in total. The standard InChI is InChI=1S/C17H19N3O4/c1-20-8-12(7-18-20)16(11-4-13(21)5-11)19-17(22)10-2-3-14-15(6-10)24-9-23-14/h2-3,6-8,11,13,16,21H,4-5,9H2,1H3,(H,19,22)/t11?,13?,16-/m0/s1. The lowest BCUT2D eigenvalue weighted by Gasteiger charge is -2.37. The van der Waals surface area contributed by atoms with Crippen LogP contribution in [-0.4, -0.2) is 33.7 Å². The van der Waals surface area contributed by atoms with E-state index in [-0.39, 0.29) is 30.8 Å². The van der Waals surface area contributed by atoms with Gasteiger partial charge in [-0.3, -0.25) is 9.48 Å². The van der Waals surface area contributed by atoms with Gasteiger partial charge < -0.3 is 19.9 Å². The van der Waals surface area contributed by atoms with Crippen LogP contribution in [0.2, 0.25) is 0 Å². The molecular weight excluding hydrogens is 310 g/mol. The van der Waals surface area contributed by atoms with Gasteiger partial charge in [0.05, 0.1) is 18.3 Å². The Labute approximate surface area is 139 Å². The van der Waals surface area contributed by atoms with E-state index in [1.54, 1.807) is 29.1 Å². The zero-order chi connectivity index (χ0) is 16.7. The maximum absolute atomic E-state index is 12.7. The zero-order valence-electron chi connectivity index (χ0n) is 13.3. The molecule has 0 unspecified atom stereocenters. The molecule has 2 heterocycles. The molecular formula is C17H19N3O4. The van der Waals surface area contributed by atoms with Crippen LogP contribution in [0.5, 0.6) is 11.5 Å². The molecule has 4 rings (SSSR count). The first kappa shape index (κ1) is 15.0. The summed E-state index contributed by atoms with van der Waals surface area (Å²) in [4.78, 5) is 12.7. The number of rotatable bonds is 4. The van der Waals surface area contributed by atoms with Gasteiger partial charge in [0.2, 0.25) is 6.79 Å². The molecule has 0 spiro atoms. The quantitative estimate of drug-likeness (QED) is 0.885. The van der Waals surface area contributed by atoms with E-state index in [4.69, 9.17) is 9.47 Å². The van der Waals surface area contributed by atoms with Crippen molar-refractivity contribution in [3.05, 3.63) is 41.7 Å². The molecule has 1 amide bonds. The molecule has 2 aromatic rings. The van der Waals surface area contributed by atoms with Crippen LogP contribution in [0.15, 0.2) is 30.6 Å². The summed E-state index contributed by atoms with van der Waals surface area (Å²) in [6.07, 6.45) is 4.74. The molecule has 1 fully saturated rings. The van der Waals surface area contributed by atoms with Gasteiger partial charge in [0.1, 0.15) is 0 Å². The summed E-state index contributed by atoms with van der Waals surface area (Å²) in [5, 5.41) is 16.9. The van der Waals surface area contributed by atoms with E-state index in [0.717, 1.165) is 5.56 Å². The van der Waals surface area contributed by atoms with Crippen LogP contribution in [0, 0.1) is 5.92 Å². The van der Waals surface area contributed by atoms with Crippen molar-refractivity contribution in [2.75, 3.05) is 6.79 Å². The minimum Gasteiger partial charge on any atom is -0.454 e. The third-order valence-corrected chi connectivity index (χ3v) is 4.63. The number of aliphatic hydroxyl groups excluding tert-OH is 1. The average Bonchev–Trinajstić information content (AvgIpc) is 3.17. The van der Waals surface area contributed by atoms with Crippen molar-refractivity contribution < 1.29 is 19.4 Å². The number of carbonyl (C=O) groups is 1. The van der Waals surface area contributed by atoms with Crippen LogP contribution >= 0.6 is 0 Å². The Morgan fingerprint density at radius 2 is 2.17 bits per heavy atom. The van der Waals surface area contributed by atoms with Crippen LogP contribution < -0.4 is 14.8 Å². The summed E-state index contributed by atoms with van der Waals surface area (Å²) >= 11 is 0. The lowest BCUT2D eigenvalue weighted by atomic mass is 9.75. The minimum absolute atomic E-state index is 0.167. The van der Waals surface area contributed by atoms with Gasteiger partial charge in [0.15, 0.2) is 11.5 Å². The number of nitrogens with one attached hydrogen (secondary N) is 1. The number of hydrogen-bond donors (Lipinski definition) is 2. The molecule has 24 heavy (non-hydrogen) atoms. The average molecular weight is 329 g/mol. The number of carbonyl (C=O) groups excluding carboxylic acids is 1. The maximum atomic E-state index is 12.7. The monoisotopic (exact) mass is 329 g/mol. The van der Waals surface area contributed by atoms with Crippen LogP contribution in [0.1, 0.15) is 34.8 Å². The third-order valence-electron chi connectivity index (χ3n) is 4.63. The molecule has 0 saturated heterocycles. The van der Waals surface area contributed by atoms with Crippen LogP contribution in [0.3, 0.4) is 0 Å². The summed E-state index contributed by atoms with van der Waals surface area (Å²) in [5.41, 5.74) is 1.47. The van der Waals surface area contributed by atoms with E-state index in [1.165, 1.54) is 0 Å². The van der Waals surface area contributed by atoms with Crippen molar-refractivity contribution in [1.82, 2.24) is 15.1 Å². The molecule has 1 aromatic heterocycles. The normalized spacial score (nSPS) is 22.8. The molecule has 126 valence electrons. The molecule has 0 radical (unpaired) electrons. The van der Waals surface area contributed by atoms with Crippen LogP contribution in [0.25, 0.3) is 0 Å². The van der Waals surface area contributed by atoms with Crippen LogP contribution in [-0.2, 0) is 7.05 Å². The third kappa shape index (κ3) is 2.71. The number of amides is 1. The first-order valence-corrected chi connectivity index (χ1v) is 7.97. The highest BCUT2D eigenvalue weighted by Crippen LogP contribution is 2.38. The Kier molecular flexibility index (Phi) is 3.65. The lowest BCUT2D eigenvalue weighted by Crippen LogP contribution is -2.41. The van der Waals surface area contributed by atoms with E-state index in [9.17, 15) is 9.90 Å². The molecule has 7 heteroatoms. The fraction of sp³-hybridized carbons (Fsp3) is 0.412. The van der Waals surface area contributed by atoms with Crippen molar-refractivity contribution in [1.29, 1.82) is 0 Å². The Balaban J connectivity index is 1.54. The minimum atomic E-state index is -0.281. The van der Waals surface area contributed by atoms with E-state index < -0.39 is 0 Å². The fourth-order valence-electron chi connectivity index (χ4n) is 3.24. The molecule has 1 saturated carbocycles. The SMILES string of the molecule is Cn1cc([C@@H](NC(=O)c2ccc3c(c2)OCO3)C2CC(O)C2)cn1. The second kappa shape index (κ2) is 5.83. The van der Waals surface area contributed by atoms with Gasteiger partial charge in [-0.05, 0) is 37.0 Å². The smallest absolute Gasteiger partial charge is 0.251 e. The summed E-state index contributed by atoms with van der Waals surface area (Å²) in [6, 6.07) is 4.98. The number of aliphatic hydroxyl groups is 1.